The molecule has 0 aliphatic carbocycles. The molecule has 3 N–H and O–H groups in total. The molecule has 0 unspecified atom stereocenters. The van der Waals surface area contributed by atoms with Crippen molar-refractivity contribution in [2.24, 2.45) is 5.73 Å². The highest BCUT2D eigenvalue weighted by molar-refractivity contribution is 6.01. The maximum atomic E-state index is 11.8. The number of carbonyl (C=O) groups is 2. The van der Waals surface area contributed by atoms with Gasteiger partial charge in [0.2, 0.25) is 17.7 Å². The second-order valence-electron chi connectivity index (χ2n) is 8.25. The number of hydrogen-bond acceptors (Lipinski definition) is 5. The summed E-state index contributed by atoms with van der Waals surface area (Å²) in [5.41, 5.74) is 11.0. The Morgan fingerprint density at radius 3 is 2.46 bits per heavy atom. The van der Waals surface area contributed by atoms with Gasteiger partial charge in [0.15, 0.2) is 0 Å². The number of primary amides is 1. The number of nitrogens with one attached hydrogen (secondary N) is 1. The highest BCUT2D eigenvalue weighted by atomic mass is 16.5. The van der Waals surface area contributed by atoms with Crippen LogP contribution in [0.3, 0.4) is 0 Å². The van der Waals surface area contributed by atoms with Gasteiger partial charge in [0.1, 0.15) is 5.75 Å². The van der Waals surface area contributed by atoms with E-state index >= 15 is 0 Å². The Morgan fingerprint density at radius 1 is 0.838 bits per heavy atom. The fourth-order valence-electron chi connectivity index (χ4n) is 3.99. The monoisotopic (exact) mass is 486 g/mol. The molecule has 7 heteroatoms. The summed E-state index contributed by atoms with van der Waals surface area (Å²) >= 11 is 0. The number of carbonyl (C=O) groups excluding carboxylic acids is 2. The molecule has 0 saturated heterocycles. The summed E-state index contributed by atoms with van der Waals surface area (Å²) < 4.78 is 5.81. The van der Waals surface area contributed by atoms with Gasteiger partial charge >= 0.3 is 0 Å². The molecule has 0 atom stereocenters. The SMILES string of the molecule is C=CC(=O)Nc1cccc(-c2cc(-c3ccc(Oc4cc(C(N)=O)ccn4)cc3)cc3cccnc23)c1. The van der Waals surface area contributed by atoms with Gasteiger partial charge < -0.3 is 15.8 Å². The van der Waals surface area contributed by atoms with E-state index in [2.05, 4.69) is 34.0 Å². The minimum atomic E-state index is -0.544. The Morgan fingerprint density at radius 2 is 1.68 bits per heavy atom. The summed E-state index contributed by atoms with van der Waals surface area (Å²) in [6.45, 7) is 3.51. The van der Waals surface area contributed by atoms with E-state index in [1.54, 1.807) is 6.20 Å². The van der Waals surface area contributed by atoms with Crippen LogP contribution in [0.5, 0.6) is 11.6 Å². The molecule has 2 heterocycles. The van der Waals surface area contributed by atoms with Crippen molar-refractivity contribution in [2.45, 2.75) is 0 Å². The zero-order valence-corrected chi connectivity index (χ0v) is 19.7. The highest BCUT2D eigenvalue weighted by Gasteiger charge is 2.11. The molecule has 3 aromatic carbocycles. The van der Waals surface area contributed by atoms with E-state index in [1.807, 2.05) is 60.7 Å². The van der Waals surface area contributed by atoms with Crippen molar-refractivity contribution in [3.05, 3.63) is 116 Å². The van der Waals surface area contributed by atoms with Crippen molar-refractivity contribution in [2.75, 3.05) is 5.32 Å². The maximum Gasteiger partial charge on any atom is 0.248 e. The second kappa shape index (κ2) is 10.1. The predicted molar refractivity (Wildman–Crippen MR) is 144 cm³/mol. The number of nitrogens with zero attached hydrogens (tertiary/aromatic N) is 2. The van der Waals surface area contributed by atoms with E-state index in [0.717, 1.165) is 33.2 Å². The molecular formula is C30H22N4O3. The Kier molecular flexibility index (Phi) is 6.42. The number of aromatic nitrogens is 2. The van der Waals surface area contributed by atoms with E-state index in [9.17, 15) is 9.59 Å². The standard InChI is InChI=1S/C30H22N4O3/c1-2-27(35)34-24-7-3-5-20(16-24)26-17-23(15-21-6-4-13-33-29(21)26)19-8-10-25(11-9-19)37-28-18-22(30(31)36)12-14-32-28/h2-18H,1H2,(H2,31,36)(H,34,35). The van der Waals surface area contributed by atoms with Crippen molar-refractivity contribution in [3.63, 3.8) is 0 Å². The molecule has 2 amide bonds. The summed E-state index contributed by atoms with van der Waals surface area (Å²) in [5.74, 6) is 0.0447. The van der Waals surface area contributed by atoms with Crippen molar-refractivity contribution in [1.82, 2.24) is 9.97 Å². The molecule has 37 heavy (non-hydrogen) atoms. The van der Waals surface area contributed by atoms with Gasteiger partial charge in [-0.25, -0.2) is 4.98 Å². The van der Waals surface area contributed by atoms with E-state index in [1.165, 1.54) is 24.4 Å². The second-order valence-corrected chi connectivity index (χ2v) is 8.25. The van der Waals surface area contributed by atoms with Gasteiger partial charge in [-0.15, -0.1) is 0 Å². The van der Waals surface area contributed by atoms with Crippen LogP contribution in [0.25, 0.3) is 33.2 Å². The van der Waals surface area contributed by atoms with E-state index in [-0.39, 0.29) is 11.8 Å². The normalized spacial score (nSPS) is 10.6. The number of pyridine rings is 2. The van der Waals surface area contributed by atoms with E-state index in [4.69, 9.17) is 10.5 Å². The molecule has 0 bridgehead atoms. The average molecular weight is 487 g/mol. The summed E-state index contributed by atoms with van der Waals surface area (Å²) in [5, 5.41) is 3.80. The Hall–Kier alpha value is -5.30. The van der Waals surface area contributed by atoms with Crippen LogP contribution < -0.4 is 15.8 Å². The molecule has 2 aromatic heterocycles. The third kappa shape index (κ3) is 5.21. The highest BCUT2D eigenvalue weighted by Crippen LogP contribution is 2.35. The number of fused-ring (bicyclic) bond motifs is 1. The zero-order chi connectivity index (χ0) is 25.8. The van der Waals surface area contributed by atoms with E-state index < -0.39 is 5.91 Å². The number of hydrogen-bond donors (Lipinski definition) is 2. The van der Waals surface area contributed by atoms with Gasteiger partial charge in [-0.05, 0) is 71.3 Å². The fraction of sp³-hybridized carbons (Fsp3) is 0. The zero-order valence-electron chi connectivity index (χ0n) is 19.7. The first-order valence-electron chi connectivity index (χ1n) is 11.5. The number of anilines is 1. The lowest BCUT2D eigenvalue weighted by molar-refractivity contribution is -0.111. The minimum Gasteiger partial charge on any atom is -0.439 e. The van der Waals surface area contributed by atoms with Crippen LogP contribution in [0, 0.1) is 0 Å². The number of nitrogens with two attached hydrogens (primary N) is 1. The number of ether oxygens (including phenoxy) is 1. The van der Waals surface area contributed by atoms with Crippen LogP contribution in [0.2, 0.25) is 0 Å². The summed E-state index contributed by atoms with van der Waals surface area (Å²) in [4.78, 5) is 32.0. The van der Waals surface area contributed by atoms with Crippen LogP contribution in [-0.4, -0.2) is 21.8 Å². The third-order valence-electron chi connectivity index (χ3n) is 5.76. The molecular weight excluding hydrogens is 464 g/mol. The summed E-state index contributed by atoms with van der Waals surface area (Å²) in [7, 11) is 0. The van der Waals surface area contributed by atoms with Crippen molar-refractivity contribution >= 4 is 28.4 Å². The molecule has 0 spiro atoms. The molecule has 7 nitrogen and oxygen atoms in total. The van der Waals surface area contributed by atoms with Gasteiger partial charge in [0.25, 0.3) is 0 Å². The molecule has 0 saturated carbocycles. The Balaban J connectivity index is 1.49. The summed E-state index contributed by atoms with van der Waals surface area (Å²) in [6, 6.07) is 26.3. The lowest BCUT2D eigenvalue weighted by Gasteiger charge is -2.12. The molecule has 0 aliphatic heterocycles. The number of rotatable bonds is 7. The fourth-order valence-corrected chi connectivity index (χ4v) is 3.99. The summed E-state index contributed by atoms with van der Waals surface area (Å²) in [6.07, 6.45) is 4.48. The first-order chi connectivity index (χ1) is 18.0. The predicted octanol–water partition coefficient (Wildman–Crippen LogP) is 5.98. The largest absolute Gasteiger partial charge is 0.439 e. The van der Waals surface area contributed by atoms with Gasteiger partial charge in [0, 0.05) is 40.7 Å². The first kappa shape index (κ1) is 23.4. The smallest absolute Gasteiger partial charge is 0.248 e. The van der Waals surface area contributed by atoms with Crippen molar-refractivity contribution in [3.8, 4) is 33.9 Å². The quantitative estimate of drug-likeness (QED) is 0.275. The molecule has 0 aliphatic rings. The van der Waals surface area contributed by atoms with E-state index in [0.29, 0.717) is 17.0 Å². The van der Waals surface area contributed by atoms with Gasteiger partial charge in [-0.2, -0.15) is 0 Å². The molecule has 5 rings (SSSR count). The van der Waals surface area contributed by atoms with Crippen molar-refractivity contribution < 1.29 is 14.3 Å². The third-order valence-corrected chi connectivity index (χ3v) is 5.76. The Bertz CT molecular complexity index is 1650. The molecule has 0 fully saturated rings. The van der Waals surface area contributed by atoms with Crippen LogP contribution >= 0.6 is 0 Å². The van der Waals surface area contributed by atoms with Gasteiger partial charge in [-0.1, -0.05) is 36.9 Å². The van der Waals surface area contributed by atoms with Crippen molar-refractivity contribution in [1.29, 1.82) is 0 Å². The van der Waals surface area contributed by atoms with Gasteiger partial charge in [0.05, 0.1) is 5.52 Å². The topological polar surface area (TPSA) is 107 Å². The molecule has 5 aromatic rings. The number of amides is 2. The van der Waals surface area contributed by atoms with Crippen LogP contribution in [0.1, 0.15) is 10.4 Å². The van der Waals surface area contributed by atoms with Crippen LogP contribution in [0.15, 0.2) is 110 Å². The first-order valence-corrected chi connectivity index (χ1v) is 11.5. The maximum absolute atomic E-state index is 11.8. The molecule has 180 valence electrons. The van der Waals surface area contributed by atoms with Crippen LogP contribution in [0.4, 0.5) is 5.69 Å². The average Bonchev–Trinajstić information content (AvgIpc) is 2.93. The minimum absolute atomic E-state index is 0.271. The Labute approximate surface area is 213 Å². The van der Waals surface area contributed by atoms with Gasteiger partial charge in [-0.3, -0.25) is 14.6 Å². The van der Waals surface area contributed by atoms with Crippen LogP contribution in [-0.2, 0) is 4.79 Å². The lowest BCUT2D eigenvalue weighted by Crippen LogP contribution is -2.10. The lowest BCUT2D eigenvalue weighted by atomic mass is 9.95. The number of benzene rings is 3. The molecule has 0 radical (unpaired) electrons.